The second-order valence-electron chi connectivity index (χ2n) is 11.9. The number of nitrogens with one attached hydrogen (secondary N) is 1. The van der Waals surface area contributed by atoms with E-state index in [9.17, 15) is 27.6 Å². The first-order valence-electron chi connectivity index (χ1n) is 15.3. The van der Waals surface area contributed by atoms with Crippen LogP contribution in [0.25, 0.3) is 0 Å². The van der Waals surface area contributed by atoms with Gasteiger partial charge in [-0.25, -0.2) is 4.39 Å². The molecule has 2 unspecified atom stereocenters. The summed E-state index contributed by atoms with van der Waals surface area (Å²) in [4.78, 5) is 45.8. The number of piperidine rings is 2. The quantitative estimate of drug-likeness (QED) is 0.254. The van der Waals surface area contributed by atoms with Gasteiger partial charge in [-0.2, -0.15) is 0 Å². The fourth-order valence-electron chi connectivity index (χ4n) is 6.14. The van der Waals surface area contributed by atoms with Gasteiger partial charge in [-0.15, -0.1) is 13.2 Å². The molecule has 1 aromatic heterocycles. The molecule has 1 N–H and O–H groups in total. The summed E-state index contributed by atoms with van der Waals surface area (Å²) in [6.45, 7) is 2.09. The van der Waals surface area contributed by atoms with E-state index in [2.05, 4.69) is 9.72 Å². The van der Waals surface area contributed by atoms with Gasteiger partial charge in [-0.05, 0) is 73.5 Å². The minimum Gasteiger partial charge on any atom is -0.497 e. The second-order valence-corrected chi connectivity index (χ2v) is 11.9. The molecule has 0 bridgehead atoms. The maximum absolute atomic E-state index is 15.1. The standard InChI is InChI=1S/C34H35F4N3O5/c1-45-27-9-4-23(5-10-27)32(43)24-13-16-41(17-14-24)33(44)30-11-6-26(19-39-30)31(42)18-25-12-15-40(21-29(25)35)20-22-2-7-28(8-3-22)46-34(36,37)38/h2-11,19,24-25,29H,12-18,20-21H2,1H3/p+1/t25?,29-/m1/s1. The van der Waals surface area contributed by atoms with E-state index in [0.29, 0.717) is 62.3 Å². The van der Waals surface area contributed by atoms with E-state index in [-0.39, 0.29) is 47.8 Å². The average molecular weight is 643 g/mol. The highest BCUT2D eigenvalue weighted by atomic mass is 19.4. The number of aromatic nitrogens is 1. The number of quaternary nitrogens is 1. The molecule has 3 aromatic rings. The molecule has 5 rings (SSSR count). The molecule has 0 spiro atoms. The third-order valence-corrected chi connectivity index (χ3v) is 8.75. The Bertz CT molecular complexity index is 1510. The third kappa shape index (κ3) is 8.48. The number of hydrogen-bond donors (Lipinski definition) is 1. The van der Waals surface area contributed by atoms with Crippen LogP contribution in [-0.2, 0) is 6.54 Å². The van der Waals surface area contributed by atoms with Gasteiger partial charge < -0.3 is 19.3 Å². The minimum atomic E-state index is -4.76. The predicted octanol–water partition coefficient (Wildman–Crippen LogP) is 4.74. The fraction of sp³-hybridized carbons (Fsp3) is 0.412. The van der Waals surface area contributed by atoms with Gasteiger partial charge in [0.1, 0.15) is 30.3 Å². The molecule has 8 nitrogen and oxygen atoms in total. The number of ketones is 2. The van der Waals surface area contributed by atoms with Crippen molar-refractivity contribution in [2.24, 2.45) is 11.8 Å². The molecule has 1 amide bonds. The van der Waals surface area contributed by atoms with Crippen molar-refractivity contribution < 1.29 is 46.3 Å². The molecule has 0 radical (unpaired) electrons. The molecular formula is C34H36F4N3O5+. The van der Waals surface area contributed by atoms with Gasteiger partial charge in [0.15, 0.2) is 17.7 Å². The topological polar surface area (TPSA) is 90.2 Å². The summed E-state index contributed by atoms with van der Waals surface area (Å²) in [6, 6.07) is 15.6. The van der Waals surface area contributed by atoms with Crippen LogP contribution in [0.3, 0.4) is 0 Å². The maximum Gasteiger partial charge on any atom is 0.573 e. The molecule has 0 saturated carbocycles. The first kappa shape index (κ1) is 33.1. The van der Waals surface area contributed by atoms with Crippen LogP contribution >= 0.6 is 0 Å². The minimum absolute atomic E-state index is 0.0165. The van der Waals surface area contributed by atoms with Crippen LogP contribution in [0.1, 0.15) is 62.5 Å². The molecule has 3 atom stereocenters. The number of hydrogen-bond acceptors (Lipinski definition) is 6. The molecule has 12 heteroatoms. The lowest BCUT2D eigenvalue weighted by molar-refractivity contribution is -0.922. The Hall–Kier alpha value is -4.32. The number of pyridine rings is 1. The molecule has 0 aliphatic carbocycles. The molecular weight excluding hydrogens is 606 g/mol. The number of carbonyl (C=O) groups is 3. The zero-order chi connectivity index (χ0) is 32.8. The molecule has 46 heavy (non-hydrogen) atoms. The van der Waals surface area contributed by atoms with E-state index in [1.54, 1.807) is 42.3 Å². The third-order valence-electron chi connectivity index (χ3n) is 8.75. The van der Waals surface area contributed by atoms with Gasteiger partial charge in [0, 0.05) is 60.7 Å². The number of amides is 1. The van der Waals surface area contributed by atoms with Gasteiger partial charge in [0.25, 0.3) is 5.91 Å². The first-order valence-corrected chi connectivity index (χ1v) is 15.3. The number of rotatable bonds is 10. The predicted molar refractivity (Wildman–Crippen MR) is 160 cm³/mol. The SMILES string of the molecule is COc1ccc(C(=O)C2CCN(C(=O)c3ccc(C(=O)CC4CC[NH+](Cc5ccc(OC(F)(F)F)cc5)C[C@H]4F)cn3)CC2)cc1. The van der Waals surface area contributed by atoms with Gasteiger partial charge in [0.2, 0.25) is 0 Å². The Morgan fingerprint density at radius 3 is 2.15 bits per heavy atom. The average Bonchev–Trinajstić information content (AvgIpc) is 3.05. The van der Waals surface area contributed by atoms with Gasteiger partial charge in [-0.1, -0.05) is 0 Å². The van der Waals surface area contributed by atoms with Crippen LogP contribution in [0.2, 0.25) is 0 Å². The van der Waals surface area contributed by atoms with Crippen LogP contribution in [0.5, 0.6) is 11.5 Å². The number of carbonyl (C=O) groups excluding carboxylic acids is 3. The summed E-state index contributed by atoms with van der Waals surface area (Å²) in [7, 11) is 1.57. The zero-order valence-corrected chi connectivity index (χ0v) is 25.4. The lowest BCUT2D eigenvalue weighted by Gasteiger charge is -2.32. The largest absolute Gasteiger partial charge is 0.573 e. The number of benzene rings is 2. The van der Waals surface area contributed by atoms with Crippen molar-refractivity contribution in [1.82, 2.24) is 9.88 Å². The summed E-state index contributed by atoms with van der Waals surface area (Å²) in [5.74, 6) is -0.730. The normalized spacial score (nSPS) is 20.6. The number of halogens is 4. The first-order chi connectivity index (χ1) is 22.0. The van der Waals surface area contributed by atoms with E-state index >= 15 is 4.39 Å². The summed E-state index contributed by atoms with van der Waals surface area (Å²) in [5.41, 5.74) is 1.89. The van der Waals surface area contributed by atoms with Crippen molar-refractivity contribution in [3.05, 3.63) is 89.2 Å². The fourth-order valence-corrected chi connectivity index (χ4v) is 6.14. The molecule has 2 aromatic carbocycles. The molecule has 2 fully saturated rings. The Kier molecular flexibility index (Phi) is 10.4. The lowest BCUT2D eigenvalue weighted by atomic mass is 9.88. The van der Waals surface area contributed by atoms with Crippen LogP contribution in [0.4, 0.5) is 17.6 Å². The van der Waals surface area contributed by atoms with Crippen molar-refractivity contribution in [3.63, 3.8) is 0 Å². The summed E-state index contributed by atoms with van der Waals surface area (Å²) in [5, 5.41) is 0. The monoisotopic (exact) mass is 642 g/mol. The Morgan fingerprint density at radius 2 is 1.57 bits per heavy atom. The maximum atomic E-state index is 15.1. The van der Waals surface area contributed by atoms with E-state index in [1.807, 2.05) is 0 Å². The molecule has 3 heterocycles. The van der Waals surface area contributed by atoms with E-state index in [4.69, 9.17) is 4.74 Å². The smallest absolute Gasteiger partial charge is 0.497 e. The number of methoxy groups -OCH3 is 1. The highest BCUT2D eigenvalue weighted by molar-refractivity contribution is 5.99. The summed E-state index contributed by atoms with van der Waals surface area (Å²) in [6.07, 6.45) is -3.03. The van der Waals surface area contributed by atoms with Crippen molar-refractivity contribution >= 4 is 17.5 Å². The van der Waals surface area contributed by atoms with E-state index in [1.165, 1.54) is 36.5 Å². The molecule has 2 aliphatic rings. The van der Waals surface area contributed by atoms with Gasteiger partial charge in [-0.3, -0.25) is 19.4 Å². The molecule has 244 valence electrons. The number of likely N-dealkylation sites (tertiary alicyclic amines) is 2. The molecule has 2 aliphatic heterocycles. The number of alkyl halides is 4. The number of Topliss-reactive ketones (excluding diaryl/α,β-unsaturated/α-hetero) is 2. The van der Waals surface area contributed by atoms with Crippen LogP contribution in [0.15, 0.2) is 66.9 Å². The number of ether oxygens (including phenoxy) is 2. The van der Waals surface area contributed by atoms with Crippen molar-refractivity contribution in [2.45, 2.75) is 44.8 Å². The molecule has 2 saturated heterocycles. The number of nitrogens with zero attached hydrogens (tertiary/aromatic N) is 2. The lowest BCUT2D eigenvalue weighted by Crippen LogP contribution is -3.13. The van der Waals surface area contributed by atoms with E-state index in [0.717, 1.165) is 10.5 Å². The summed E-state index contributed by atoms with van der Waals surface area (Å²) < 4.78 is 61.3. The van der Waals surface area contributed by atoms with Crippen molar-refractivity contribution in [1.29, 1.82) is 0 Å². The highest BCUT2D eigenvalue weighted by Crippen LogP contribution is 2.26. The zero-order valence-electron chi connectivity index (χ0n) is 25.4. The van der Waals surface area contributed by atoms with Gasteiger partial charge in [0.05, 0.1) is 13.7 Å². The van der Waals surface area contributed by atoms with Gasteiger partial charge >= 0.3 is 6.36 Å². The Balaban J connectivity index is 1.07. The van der Waals surface area contributed by atoms with Crippen molar-refractivity contribution in [3.8, 4) is 11.5 Å². The van der Waals surface area contributed by atoms with Crippen molar-refractivity contribution in [2.75, 3.05) is 33.3 Å². The van der Waals surface area contributed by atoms with Crippen LogP contribution in [-0.4, -0.2) is 73.2 Å². The van der Waals surface area contributed by atoms with Crippen LogP contribution in [0, 0.1) is 11.8 Å². The Morgan fingerprint density at radius 1 is 0.913 bits per heavy atom. The van der Waals surface area contributed by atoms with E-state index < -0.39 is 18.5 Å². The summed E-state index contributed by atoms with van der Waals surface area (Å²) >= 11 is 0. The van der Waals surface area contributed by atoms with Crippen LogP contribution < -0.4 is 14.4 Å². The highest BCUT2D eigenvalue weighted by Gasteiger charge is 2.35. The Labute approximate surface area is 264 Å². The second kappa shape index (κ2) is 14.4.